The smallest absolute Gasteiger partial charge is 0.334 e. The highest BCUT2D eigenvalue weighted by Gasteiger charge is 2.32. The molecule has 150 valence electrons. The zero-order chi connectivity index (χ0) is 20.6. The number of carbonyl (C=O) groups excluding carboxylic acids is 1. The van der Waals surface area contributed by atoms with E-state index >= 15 is 0 Å². The molecule has 4 nitrogen and oxygen atoms in total. The summed E-state index contributed by atoms with van der Waals surface area (Å²) in [6, 6.07) is 7.48. The van der Waals surface area contributed by atoms with Crippen molar-refractivity contribution >= 4 is 28.6 Å². The molecule has 0 saturated carbocycles. The molecule has 0 radical (unpaired) electrons. The lowest BCUT2D eigenvalue weighted by Gasteiger charge is -2.35. The molecular weight excluding hydrogens is 382 g/mol. The van der Waals surface area contributed by atoms with Gasteiger partial charge in [0.15, 0.2) is 0 Å². The van der Waals surface area contributed by atoms with E-state index in [1.165, 1.54) is 0 Å². The van der Waals surface area contributed by atoms with E-state index in [-0.39, 0.29) is 19.2 Å². The lowest BCUT2D eigenvalue weighted by molar-refractivity contribution is -0.138. The third-order valence-corrected chi connectivity index (χ3v) is 6.03. The first kappa shape index (κ1) is 23.6. The van der Waals surface area contributed by atoms with Gasteiger partial charge in [-0.1, -0.05) is 36.4 Å². The molecule has 0 saturated heterocycles. The van der Waals surface area contributed by atoms with Gasteiger partial charge in [0.25, 0.3) is 0 Å². The van der Waals surface area contributed by atoms with E-state index in [1.54, 1.807) is 13.0 Å². The Balaban J connectivity index is 3.15. The van der Waals surface area contributed by atoms with Gasteiger partial charge in [-0.3, -0.25) is 0 Å². The van der Waals surface area contributed by atoms with Crippen LogP contribution in [0.1, 0.15) is 39.7 Å². The van der Waals surface area contributed by atoms with Crippen LogP contribution in [0.2, 0.25) is 5.02 Å². The van der Waals surface area contributed by atoms with Crippen LogP contribution in [0, 0.1) is 0 Å². The first-order chi connectivity index (χ1) is 12.6. The van der Waals surface area contributed by atoms with Crippen LogP contribution in [-0.4, -0.2) is 38.4 Å². The normalized spacial score (nSPS) is 13.9. The molecule has 1 aromatic carbocycles. The van der Waals surface area contributed by atoms with Gasteiger partial charge in [0.1, 0.15) is 11.0 Å². The quantitative estimate of drug-likeness (QED) is 0.318. The molecule has 0 N–H and O–H groups in total. The molecule has 0 heterocycles. The number of benzene rings is 1. The summed E-state index contributed by atoms with van der Waals surface area (Å²) < 4.78 is 19.6. The van der Waals surface area contributed by atoms with Crippen molar-refractivity contribution in [1.82, 2.24) is 4.31 Å². The number of hydrogen-bond acceptors (Lipinski definition) is 3. The fourth-order valence-electron chi connectivity index (χ4n) is 2.55. The van der Waals surface area contributed by atoms with E-state index in [4.69, 9.17) is 16.3 Å². The summed E-state index contributed by atoms with van der Waals surface area (Å²) in [6.07, 6.45) is 3.09. The van der Waals surface area contributed by atoms with Crippen molar-refractivity contribution in [2.75, 3.05) is 13.2 Å². The number of nitrogens with zero attached hydrogens (tertiary/aromatic N) is 1. The van der Waals surface area contributed by atoms with Gasteiger partial charge in [0.05, 0.1) is 11.4 Å². The summed E-state index contributed by atoms with van der Waals surface area (Å²) in [5.74, 6) is -0.461. The van der Waals surface area contributed by atoms with E-state index in [9.17, 15) is 9.00 Å². The van der Waals surface area contributed by atoms with Gasteiger partial charge < -0.3 is 4.74 Å². The summed E-state index contributed by atoms with van der Waals surface area (Å²) in [5, 5.41) is 0.671. The highest BCUT2D eigenvalue weighted by molar-refractivity contribution is 7.84. The van der Waals surface area contributed by atoms with Gasteiger partial charge in [0.2, 0.25) is 0 Å². The van der Waals surface area contributed by atoms with Crippen molar-refractivity contribution in [2.24, 2.45) is 0 Å². The Morgan fingerprint density at radius 2 is 1.93 bits per heavy atom. The lowest BCUT2D eigenvalue weighted by Crippen LogP contribution is -2.46. The van der Waals surface area contributed by atoms with Crippen LogP contribution in [0.15, 0.2) is 49.1 Å². The molecule has 2 unspecified atom stereocenters. The standard InChI is InChI=1S/C21H30ClNO3S/c1-7-9-19(14-17-10-12-18(22)13-11-17)23(27(25)21(4,5)6)15-16(3)20(24)26-8-2/h7,10-13,19H,1,3,8-9,14-15H2,2,4-6H3. The Morgan fingerprint density at radius 3 is 2.41 bits per heavy atom. The Morgan fingerprint density at radius 1 is 1.33 bits per heavy atom. The lowest BCUT2D eigenvalue weighted by atomic mass is 10.0. The van der Waals surface area contributed by atoms with Crippen LogP contribution in [0.3, 0.4) is 0 Å². The minimum atomic E-state index is -1.33. The topological polar surface area (TPSA) is 46.6 Å². The molecule has 0 amide bonds. The van der Waals surface area contributed by atoms with Crippen molar-refractivity contribution < 1.29 is 13.7 Å². The van der Waals surface area contributed by atoms with Crippen LogP contribution in [-0.2, 0) is 26.9 Å². The van der Waals surface area contributed by atoms with Crippen molar-refractivity contribution in [2.45, 2.75) is 51.3 Å². The fraction of sp³-hybridized carbons (Fsp3) is 0.476. The fourth-order valence-corrected chi connectivity index (χ4v) is 4.08. The number of carbonyl (C=O) groups is 1. The monoisotopic (exact) mass is 411 g/mol. The number of halogens is 1. The molecule has 0 aliphatic rings. The number of hydrogen-bond donors (Lipinski definition) is 0. The second kappa shape index (κ2) is 10.8. The molecule has 0 aliphatic carbocycles. The second-order valence-electron chi connectivity index (χ2n) is 7.27. The van der Waals surface area contributed by atoms with E-state index in [1.807, 2.05) is 49.3 Å². The predicted octanol–water partition coefficient (Wildman–Crippen LogP) is 4.71. The highest BCUT2D eigenvalue weighted by atomic mass is 35.5. The average Bonchev–Trinajstić information content (AvgIpc) is 2.59. The molecule has 0 bridgehead atoms. The van der Waals surface area contributed by atoms with Gasteiger partial charge in [-0.15, -0.1) is 6.58 Å². The average molecular weight is 412 g/mol. The van der Waals surface area contributed by atoms with Gasteiger partial charge in [-0.05, 0) is 58.2 Å². The number of esters is 1. The molecule has 1 aromatic rings. The van der Waals surface area contributed by atoms with Gasteiger partial charge in [-0.25, -0.2) is 13.3 Å². The zero-order valence-corrected chi connectivity index (χ0v) is 18.2. The summed E-state index contributed by atoms with van der Waals surface area (Å²) in [6.45, 7) is 15.6. The van der Waals surface area contributed by atoms with Crippen molar-refractivity contribution in [3.05, 3.63) is 59.7 Å². The summed E-state index contributed by atoms with van der Waals surface area (Å²) in [7, 11) is -1.33. The maximum absolute atomic E-state index is 13.2. The molecule has 0 aromatic heterocycles. The number of rotatable bonds is 10. The van der Waals surface area contributed by atoms with Crippen LogP contribution < -0.4 is 0 Å². The first-order valence-corrected chi connectivity index (χ1v) is 10.5. The Bertz CT molecular complexity index is 680. The summed E-state index contributed by atoms with van der Waals surface area (Å²) in [5.41, 5.74) is 1.36. The maximum Gasteiger partial charge on any atom is 0.334 e. The largest absolute Gasteiger partial charge is 0.463 e. The maximum atomic E-state index is 13.2. The second-order valence-corrected chi connectivity index (χ2v) is 9.90. The predicted molar refractivity (Wildman–Crippen MR) is 114 cm³/mol. The van der Waals surface area contributed by atoms with Gasteiger partial charge >= 0.3 is 5.97 Å². The van der Waals surface area contributed by atoms with Crippen LogP contribution in [0.25, 0.3) is 0 Å². The van der Waals surface area contributed by atoms with Crippen LogP contribution >= 0.6 is 11.6 Å². The highest BCUT2D eigenvalue weighted by Crippen LogP contribution is 2.24. The van der Waals surface area contributed by atoms with Crippen molar-refractivity contribution in [3.8, 4) is 0 Å². The number of ether oxygens (including phenoxy) is 1. The van der Waals surface area contributed by atoms with Crippen molar-refractivity contribution in [3.63, 3.8) is 0 Å². The Hall–Kier alpha value is -1.43. The zero-order valence-electron chi connectivity index (χ0n) is 16.7. The van der Waals surface area contributed by atoms with E-state index in [0.717, 1.165) is 5.56 Å². The van der Waals surface area contributed by atoms with E-state index in [0.29, 0.717) is 23.4 Å². The van der Waals surface area contributed by atoms with Gasteiger partial charge in [-0.2, -0.15) is 0 Å². The molecular formula is C21H30ClNO3S. The van der Waals surface area contributed by atoms with E-state index < -0.39 is 21.7 Å². The molecule has 0 fully saturated rings. The summed E-state index contributed by atoms with van der Waals surface area (Å²) >= 11 is 5.98. The first-order valence-electron chi connectivity index (χ1n) is 8.99. The minimum Gasteiger partial charge on any atom is -0.463 e. The molecule has 2 atom stereocenters. The van der Waals surface area contributed by atoms with Crippen LogP contribution in [0.4, 0.5) is 0 Å². The SMILES string of the molecule is C=CCC(Cc1ccc(Cl)cc1)N(CC(=C)C(=O)OCC)S(=O)C(C)(C)C. The summed E-state index contributed by atoms with van der Waals surface area (Å²) in [4.78, 5) is 12.0. The Labute approximate surface area is 170 Å². The molecule has 27 heavy (non-hydrogen) atoms. The molecule has 6 heteroatoms. The van der Waals surface area contributed by atoms with Gasteiger partial charge in [0, 0.05) is 23.2 Å². The molecule has 1 rings (SSSR count). The third-order valence-electron chi connectivity index (χ3n) is 3.88. The minimum absolute atomic E-state index is 0.102. The third kappa shape index (κ3) is 7.60. The molecule has 0 spiro atoms. The van der Waals surface area contributed by atoms with Crippen LogP contribution in [0.5, 0.6) is 0 Å². The van der Waals surface area contributed by atoms with Crippen molar-refractivity contribution in [1.29, 1.82) is 0 Å². The van der Waals surface area contributed by atoms with E-state index in [2.05, 4.69) is 13.2 Å². The Kier molecular flexibility index (Phi) is 9.43. The molecule has 0 aliphatic heterocycles.